The third-order valence-corrected chi connectivity index (χ3v) is 7.26. The fourth-order valence-electron chi connectivity index (χ4n) is 1.41. The predicted octanol–water partition coefficient (Wildman–Crippen LogP) is -0.0187. The molecule has 1 aromatic rings. The van der Waals surface area contributed by atoms with Gasteiger partial charge >= 0.3 is 5.97 Å². The van der Waals surface area contributed by atoms with Crippen LogP contribution in [0.25, 0.3) is 0 Å². The van der Waals surface area contributed by atoms with Crippen molar-refractivity contribution >= 4 is 37.4 Å². The van der Waals surface area contributed by atoms with Crippen LogP contribution < -0.4 is 9.44 Å². The van der Waals surface area contributed by atoms with Crippen LogP contribution in [0.15, 0.2) is 16.3 Å². The highest BCUT2D eigenvalue weighted by atomic mass is 32.2. The monoisotopic (exact) mass is 370 g/mol. The zero-order chi connectivity index (χ0) is 17.0. The van der Waals surface area contributed by atoms with E-state index in [2.05, 4.69) is 4.72 Å². The minimum atomic E-state index is -3.89. The van der Waals surface area contributed by atoms with Gasteiger partial charge in [-0.25, -0.2) is 21.6 Å². The van der Waals surface area contributed by atoms with Crippen molar-refractivity contribution in [3.8, 4) is 0 Å². The van der Waals surface area contributed by atoms with Gasteiger partial charge in [0, 0.05) is 11.4 Å². The highest BCUT2D eigenvalue weighted by Gasteiger charge is 2.23. The quantitative estimate of drug-likeness (QED) is 0.560. The van der Waals surface area contributed by atoms with Crippen molar-refractivity contribution in [1.82, 2.24) is 9.44 Å². The summed E-state index contributed by atoms with van der Waals surface area (Å²) in [6.45, 7) is 2.93. The van der Waals surface area contributed by atoms with Gasteiger partial charge in [0.15, 0.2) is 0 Å². The molecule has 0 aliphatic carbocycles. The number of rotatable bonds is 9. The lowest BCUT2D eigenvalue weighted by molar-refractivity contribution is -0.138. The lowest BCUT2D eigenvalue weighted by atomic mass is 10.3. The second-order valence-electron chi connectivity index (χ2n) is 4.45. The van der Waals surface area contributed by atoms with Crippen molar-refractivity contribution in [2.75, 3.05) is 12.3 Å². The van der Waals surface area contributed by atoms with E-state index in [0.29, 0.717) is 11.3 Å². The molecule has 0 saturated carbocycles. The van der Waals surface area contributed by atoms with Crippen molar-refractivity contribution in [2.24, 2.45) is 0 Å². The summed E-state index contributed by atoms with van der Waals surface area (Å²) in [5.41, 5.74) is 0. The zero-order valence-electron chi connectivity index (χ0n) is 12.1. The molecule has 8 nitrogen and oxygen atoms in total. The van der Waals surface area contributed by atoms with Gasteiger partial charge in [-0.15, -0.1) is 11.3 Å². The van der Waals surface area contributed by atoms with E-state index in [-0.39, 0.29) is 16.5 Å². The molecule has 0 aliphatic heterocycles. The smallest absolute Gasteiger partial charge is 0.321 e. The average molecular weight is 370 g/mol. The normalized spacial score (nSPS) is 13.9. The molecule has 1 rings (SSSR count). The molecule has 1 unspecified atom stereocenters. The summed E-state index contributed by atoms with van der Waals surface area (Å²) >= 11 is 0.973. The Kier molecular flexibility index (Phi) is 6.50. The molecule has 22 heavy (non-hydrogen) atoms. The van der Waals surface area contributed by atoms with Gasteiger partial charge in [-0.05, 0) is 32.4 Å². The number of carbonyl (C=O) groups is 1. The molecule has 0 amide bonds. The summed E-state index contributed by atoms with van der Waals surface area (Å²) in [7, 11) is -7.17. The molecular formula is C11H18N2O6S3. The van der Waals surface area contributed by atoms with Crippen molar-refractivity contribution in [3.63, 3.8) is 0 Å². The van der Waals surface area contributed by atoms with Crippen LogP contribution in [0.4, 0.5) is 0 Å². The number of carboxylic acid groups (broad SMARTS) is 1. The maximum absolute atomic E-state index is 12.0. The van der Waals surface area contributed by atoms with Gasteiger partial charge in [0.2, 0.25) is 10.0 Å². The number of carboxylic acids is 1. The first-order valence-corrected chi connectivity index (χ1v) is 10.3. The van der Waals surface area contributed by atoms with Crippen molar-refractivity contribution in [2.45, 2.75) is 30.5 Å². The largest absolute Gasteiger partial charge is 0.480 e. The number of aliphatic carboxylic acids is 1. The van der Waals surface area contributed by atoms with E-state index in [0.717, 1.165) is 11.3 Å². The number of hydrogen-bond acceptors (Lipinski definition) is 6. The van der Waals surface area contributed by atoms with E-state index in [1.54, 1.807) is 6.07 Å². The molecule has 0 aliphatic rings. The van der Waals surface area contributed by atoms with Crippen LogP contribution in [0.1, 0.15) is 18.7 Å². The van der Waals surface area contributed by atoms with E-state index in [9.17, 15) is 21.6 Å². The Morgan fingerprint density at radius 2 is 1.95 bits per heavy atom. The molecule has 0 aromatic carbocycles. The van der Waals surface area contributed by atoms with Gasteiger partial charge < -0.3 is 5.11 Å². The maximum atomic E-state index is 12.0. The van der Waals surface area contributed by atoms with E-state index in [1.807, 2.05) is 4.72 Å². The Hall–Kier alpha value is -1.01. The second-order valence-corrected chi connectivity index (χ2v) is 9.65. The van der Waals surface area contributed by atoms with Crippen LogP contribution in [0.5, 0.6) is 0 Å². The number of hydrogen-bond donors (Lipinski definition) is 3. The number of nitrogens with one attached hydrogen (secondary N) is 2. The summed E-state index contributed by atoms with van der Waals surface area (Å²) < 4.78 is 50.9. The highest BCUT2D eigenvalue weighted by Crippen LogP contribution is 2.22. The van der Waals surface area contributed by atoms with Crippen LogP contribution in [-0.4, -0.2) is 46.3 Å². The van der Waals surface area contributed by atoms with Crippen molar-refractivity contribution < 1.29 is 26.7 Å². The summed E-state index contributed by atoms with van der Waals surface area (Å²) in [4.78, 5) is 11.4. The van der Waals surface area contributed by atoms with Crippen LogP contribution in [-0.2, 0) is 31.3 Å². The molecule has 11 heteroatoms. The van der Waals surface area contributed by atoms with Crippen molar-refractivity contribution in [3.05, 3.63) is 17.0 Å². The first-order chi connectivity index (χ1) is 10.1. The van der Waals surface area contributed by atoms with Gasteiger partial charge in [0.25, 0.3) is 10.0 Å². The molecule has 1 aromatic heterocycles. The van der Waals surface area contributed by atoms with Crippen LogP contribution in [0, 0.1) is 0 Å². The van der Waals surface area contributed by atoms with Gasteiger partial charge in [0.05, 0.1) is 5.75 Å². The van der Waals surface area contributed by atoms with Crippen molar-refractivity contribution in [1.29, 1.82) is 0 Å². The van der Waals surface area contributed by atoms with Crippen LogP contribution in [0.3, 0.4) is 0 Å². The summed E-state index contributed by atoms with van der Waals surface area (Å²) in [6.07, 6.45) is 0.355. The first kappa shape index (κ1) is 19.0. The SMILES string of the molecule is CCS(=O)(=O)NCCc1ccc(S(=O)(=O)NC(C)C(=O)O)s1. The molecule has 1 atom stereocenters. The number of sulfonamides is 2. The molecule has 0 fully saturated rings. The first-order valence-electron chi connectivity index (χ1n) is 6.38. The molecule has 0 bridgehead atoms. The van der Waals surface area contributed by atoms with E-state index in [1.165, 1.54) is 19.9 Å². The minimum absolute atomic E-state index is 0.00560. The third-order valence-electron chi connectivity index (χ3n) is 2.68. The maximum Gasteiger partial charge on any atom is 0.321 e. The average Bonchev–Trinajstić information content (AvgIpc) is 2.87. The lowest BCUT2D eigenvalue weighted by Crippen LogP contribution is -2.37. The molecule has 1 heterocycles. The Bertz CT molecular complexity index is 723. The zero-order valence-corrected chi connectivity index (χ0v) is 14.5. The fraction of sp³-hybridized carbons (Fsp3) is 0.545. The van der Waals surface area contributed by atoms with E-state index < -0.39 is 32.1 Å². The highest BCUT2D eigenvalue weighted by molar-refractivity contribution is 7.91. The number of thiophene rings is 1. The van der Waals surface area contributed by atoms with E-state index >= 15 is 0 Å². The second kappa shape index (κ2) is 7.51. The Labute approximate surface area is 133 Å². The summed E-state index contributed by atoms with van der Waals surface area (Å²) in [5.74, 6) is -1.29. The molecule has 3 N–H and O–H groups in total. The minimum Gasteiger partial charge on any atom is -0.480 e. The topological polar surface area (TPSA) is 130 Å². The molecule has 0 radical (unpaired) electrons. The Morgan fingerprint density at radius 1 is 1.32 bits per heavy atom. The van der Waals surface area contributed by atoms with E-state index in [4.69, 9.17) is 5.11 Å². The Balaban J connectivity index is 2.69. The van der Waals surface area contributed by atoms with Gasteiger partial charge in [-0.1, -0.05) is 0 Å². The molecule has 126 valence electrons. The van der Waals surface area contributed by atoms with Crippen LogP contribution >= 0.6 is 11.3 Å². The fourth-order valence-corrected chi connectivity index (χ4v) is 4.60. The van der Waals surface area contributed by atoms with Crippen LogP contribution in [0.2, 0.25) is 0 Å². The Morgan fingerprint density at radius 3 is 2.50 bits per heavy atom. The van der Waals surface area contributed by atoms with Gasteiger partial charge in [-0.3, -0.25) is 4.79 Å². The lowest BCUT2D eigenvalue weighted by Gasteiger charge is -2.08. The standard InChI is InChI=1S/C11H18N2O6S3/c1-3-21(16,17)12-7-6-9-4-5-10(20-9)22(18,19)13-8(2)11(14)15/h4-5,8,12-13H,3,6-7H2,1-2H3,(H,14,15). The summed E-state index contributed by atoms with van der Waals surface area (Å²) in [6, 6.07) is 1.71. The summed E-state index contributed by atoms with van der Waals surface area (Å²) in [5, 5.41) is 8.72. The molecule has 0 saturated heterocycles. The van der Waals surface area contributed by atoms with Gasteiger partial charge in [0.1, 0.15) is 10.3 Å². The van der Waals surface area contributed by atoms with Gasteiger partial charge in [-0.2, -0.15) is 4.72 Å². The molecular weight excluding hydrogens is 352 g/mol. The third kappa shape index (κ3) is 5.65. The molecule has 0 spiro atoms. The predicted molar refractivity (Wildman–Crippen MR) is 82.9 cm³/mol.